The van der Waals surface area contributed by atoms with Gasteiger partial charge in [-0.15, -0.1) is 0 Å². The summed E-state index contributed by atoms with van der Waals surface area (Å²) in [5, 5.41) is 5.27. The summed E-state index contributed by atoms with van der Waals surface area (Å²) in [6.45, 7) is 2.26. The summed E-state index contributed by atoms with van der Waals surface area (Å²) in [7, 11) is 0. The SMILES string of the molecule is CCn1ncc2c(c1=O)Oc1cc(F)ccc1-c1cc3ccccc3n1-2. The van der Waals surface area contributed by atoms with E-state index in [4.69, 9.17) is 4.74 Å². The zero-order valence-corrected chi connectivity index (χ0v) is 13.9. The van der Waals surface area contributed by atoms with Gasteiger partial charge >= 0.3 is 5.56 Å². The molecule has 2 aromatic heterocycles. The molecule has 0 fully saturated rings. The molecule has 2 aromatic carbocycles. The first-order valence-electron chi connectivity index (χ1n) is 8.36. The van der Waals surface area contributed by atoms with Crippen LogP contribution in [0.15, 0.2) is 59.5 Å². The van der Waals surface area contributed by atoms with Crippen LogP contribution in [-0.4, -0.2) is 14.3 Å². The number of para-hydroxylation sites is 1. The first-order valence-corrected chi connectivity index (χ1v) is 8.36. The van der Waals surface area contributed by atoms with Gasteiger partial charge in [0.25, 0.3) is 0 Å². The highest BCUT2D eigenvalue weighted by Gasteiger charge is 2.26. The molecule has 0 N–H and O–H groups in total. The van der Waals surface area contributed by atoms with E-state index in [1.54, 1.807) is 12.3 Å². The highest BCUT2D eigenvalue weighted by Crippen LogP contribution is 2.43. The molecule has 26 heavy (non-hydrogen) atoms. The first kappa shape index (κ1) is 14.9. The van der Waals surface area contributed by atoms with Crippen molar-refractivity contribution in [3.8, 4) is 28.4 Å². The standard InChI is InChI=1S/C20H14FN3O2/c1-2-23-20(25)19-17(11-22-23)24-15-6-4-3-5-12(15)9-16(24)14-8-7-13(21)10-18(14)26-19/h3-11H,2H2,1H3. The Kier molecular flexibility index (Phi) is 3.03. The molecule has 1 aliphatic heterocycles. The molecule has 0 unspecified atom stereocenters. The molecule has 6 heteroatoms. The lowest BCUT2D eigenvalue weighted by atomic mass is 10.1. The molecule has 4 aromatic rings. The van der Waals surface area contributed by atoms with Crippen LogP contribution >= 0.6 is 0 Å². The van der Waals surface area contributed by atoms with Crippen LogP contribution in [0.1, 0.15) is 6.92 Å². The Balaban J connectivity index is 1.97. The molecule has 0 amide bonds. The second-order valence-electron chi connectivity index (χ2n) is 6.15. The van der Waals surface area contributed by atoms with Gasteiger partial charge < -0.3 is 9.30 Å². The van der Waals surface area contributed by atoms with E-state index in [0.29, 0.717) is 18.0 Å². The van der Waals surface area contributed by atoms with Crippen molar-refractivity contribution in [2.45, 2.75) is 13.5 Å². The number of ether oxygens (including phenoxy) is 1. The molecule has 128 valence electrons. The number of aromatic nitrogens is 3. The lowest BCUT2D eigenvalue weighted by Gasteiger charge is -2.11. The molecule has 5 rings (SSSR count). The third kappa shape index (κ3) is 1.95. The molecule has 0 saturated carbocycles. The lowest BCUT2D eigenvalue weighted by Crippen LogP contribution is -2.24. The molecular weight excluding hydrogens is 333 g/mol. The molecule has 0 atom stereocenters. The van der Waals surface area contributed by atoms with Crippen LogP contribution in [0.4, 0.5) is 4.39 Å². The molecule has 1 aliphatic rings. The maximum absolute atomic E-state index is 13.8. The Labute approximate surface area is 147 Å². The van der Waals surface area contributed by atoms with E-state index >= 15 is 0 Å². The summed E-state index contributed by atoms with van der Waals surface area (Å²) in [5.74, 6) is 0.0484. The van der Waals surface area contributed by atoms with E-state index in [0.717, 1.165) is 22.2 Å². The van der Waals surface area contributed by atoms with Crippen molar-refractivity contribution in [2.24, 2.45) is 0 Å². The van der Waals surface area contributed by atoms with Gasteiger partial charge in [0, 0.05) is 23.6 Å². The first-order chi connectivity index (χ1) is 12.7. The summed E-state index contributed by atoms with van der Waals surface area (Å²) in [6, 6.07) is 14.3. The van der Waals surface area contributed by atoms with Gasteiger partial charge in [-0.2, -0.15) is 5.10 Å². The van der Waals surface area contributed by atoms with Gasteiger partial charge in [-0.05, 0) is 31.2 Å². The van der Waals surface area contributed by atoms with Crippen LogP contribution in [0.25, 0.3) is 27.8 Å². The zero-order chi connectivity index (χ0) is 17.8. The largest absolute Gasteiger partial charge is 0.448 e. The summed E-state index contributed by atoms with van der Waals surface area (Å²) in [4.78, 5) is 12.8. The van der Waals surface area contributed by atoms with Crippen molar-refractivity contribution in [2.75, 3.05) is 0 Å². The smallest absolute Gasteiger partial charge is 0.311 e. The van der Waals surface area contributed by atoms with Gasteiger partial charge in [0.15, 0.2) is 0 Å². The van der Waals surface area contributed by atoms with Gasteiger partial charge in [0.1, 0.15) is 17.3 Å². The van der Waals surface area contributed by atoms with Crippen molar-refractivity contribution >= 4 is 10.9 Å². The van der Waals surface area contributed by atoms with Gasteiger partial charge in [0.05, 0.1) is 17.4 Å². The monoisotopic (exact) mass is 347 g/mol. The van der Waals surface area contributed by atoms with Crippen molar-refractivity contribution < 1.29 is 9.13 Å². The van der Waals surface area contributed by atoms with Crippen LogP contribution in [0.5, 0.6) is 11.5 Å². The Bertz CT molecular complexity index is 1240. The fourth-order valence-electron chi connectivity index (χ4n) is 3.46. The van der Waals surface area contributed by atoms with Crippen molar-refractivity contribution in [1.82, 2.24) is 14.3 Å². The number of fused-ring (bicyclic) bond motifs is 7. The summed E-state index contributed by atoms with van der Waals surface area (Å²) < 4.78 is 23.0. The Hall–Kier alpha value is -3.41. The summed E-state index contributed by atoms with van der Waals surface area (Å²) in [6.07, 6.45) is 1.62. The highest BCUT2D eigenvalue weighted by molar-refractivity contribution is 5.91. The van der Waals surface area contributed by atoms with Crippen molar-refractivity contribution in [1.29, 1.82) is 0 Å². The van der Waals surface area contributed by atoms with Gasteiger partial charge in [-0.1, -0.05) is 18.2 Å². The van der Waals surface area contributed by atoms with E-state index in [1.165, 1.54) is 16.8 Å². The third-order valence-corrected chi connectivity index (χ3v) is 4.66. The van der Waals surface area contributed by atoms with E-state index in [1.807, 2.05) is 41.8 Å². The summed E-state index contributed by atoms with van der Waals surface area (Å²) >= 11 is 0. The van der Waals surface area contributed by atoms with E-state index < -0.39 is 5.82 Å². The minimum atomic E-state index is -0.417. The zero-order valence-electron chi connectivity index (χ0n) is 13.9. The Morgan fingerprint density at radius 3 is 2.85 bits per heavy atom. The number of benzene rings is 2. The van der Waals surface area contributed by atoms with E-state index in [9.17, 15) is 9.18 Å². The third-order valence-electron chi connectivity index (χ3n) is 4.66. The minimum absolute atomic E-state index is 0.147. The van der Waals surface area contributed by atoms with Crippen molar-refractivity contribution in [3.05, 3.63) is 70.9 Å². The predicted molar refractivity (Wildman–Crippen MR) is 96.5 cm³/mol. The molecule has 0 aliphatic carbocycles. The fourth-order valence-corrected chi connectivity index (χ4v) is 3.46. The normalized spacial score (nSPS) is 12.1. The maximum atomic E-state index is 13.8. The second kappa shape index (κ2) is 5.29. The number of hydrogen-bond acceptors (Lipinski definition) is 3. The van der Waals surface area contributed by atoms with Crippen molar-refractivity contribution in [3.63, 3.8) is 0 Å². The average molecular weight is 347 g/mol. The van der Waals surface area contributed by atoms with Crippen LogP contribution in [0.2, 0.25) is 0 Å². The maximum Gasteiger partial charge on any atom is 0.311 e. The lowest BCUT2D eigenvalue weighted by molar-refractivity contribution is 0.455. The molecule has 5 nitrogen and oxygen atoms in total. The fraction of sp³-hybridized carbons (Fsp3) is 0.100. The van der Waals surface area contributed by atoms with Crippen LogP contribution < -0.4 is 10.3 Å². The van der Waals surface area contributed by atoms with Gasteiger partial charge in [0.2, 0.25) is 5.75 Å². The van der Waals surface area contributed by atoms with Gasteiger partial charge in [-0.3, -0.25) is 4.79 Å². The van der Waals surface area contributed by atoms with Crippen LogP contribution in [0.3, 0.4) is 0 Å². The molecule has 0 radical (unpaired) electrons. The molecular formula is C20H14FN3O2. The van der Waals surface area contributed by atoms with E-state index in [-0.39, 0.29) is 11.3 Å². The number of rotatable bonds is 1. The molecule has 3 heterocycles. The number of hydrogen-bond donors (Lipinski definition) is 0. The minimum Gasteiger partial charge on any atom is -0.448 e. The number of nitrogens with zero attached hydrogens (tertiary/aromatic N) is 3. The summed E-state index contributed by atoms with van der Waals surface area (Å²) in [5.41, 5.74) is 2.69. The quantitative estimate of drug-likeness (QED) is 0.458. The number of aryl methyl sites for hydroxylation is 1. The second-order valence-corrected chi connectivity index (χ2v) is 6.15. The predicted octanol–water partition coefficient (Wildman–Crippen LogP) is 4.12. The molecule has 0 bridgehead atoms. The molecule has 0 saturated heterocycles. The molecule has 0 spiro atoms. The number of halogens is 1. The Morgan fingerprint density at radius 2 is 2.00 bits per heavy atom. The Morgan fingerprint density at radius 1 is 1.15 bits per heavy atom. The topological polar surface area (TPSA) is 49.1 Å². The van der Waals surface area contributed by atoms with Crippen LogP contribution in [-0.2, 0) is 6.54 Å². The van der Waals surface area contributed by atoms with Crippen LogP contribution in [0, 0.1) is 5.82 Å². The van der Waals surface area contributed by atoms with E-state index in [2.05, 4.69) is 5.10 Å². The average Bonchev–Trinajstić information content (AvgIpc) is 2.96. The highest BCUT2D eigenvalue weighted by atomic mass is 19.1. The van der Waals surface area contributed by atoms with Gasteiger partial charge in [-0.25, -0.2) is 9.07 Å².